The Bertz CT molecular complexity index is 1210. The number of carbonyl (C=O) groups is 2. The Morgan fingerprint density at radius 1 is 1.16 bits per heavy atom. The second-order valence-corrected chi connectivity index (χ2v) is 8.55. The highest BCUT2D eigenvalue weighted by atomic mass is 16.5. The Hall–Kier alpha value is -3.52. The zero-order valence-electron chi connectivity index (χ0n) is 17.6. The lowest BCUT2D eigenvalue weighted by atomic mass is 10.0. The molecule has 3 aromatic rings. The van der Waals surface area contributed by atoms with E-state index >= 15 is 0 Å². The van der Waals surface area contributed by atoms with Crippen LogP contribution in [-0.4, -0.2) is 56.6 Å². The molecule has 3 aliphatic rings. The minimum Gasteiger partial charge on any atom is -0.343 e. The molecule has 1 spiro atoms. The number of likely N-dealkylation sites (tertiary alicyclic amines) is 1. The van der Waals surface area contributed by atoms with E-state index in [2.05, 4.69) is 10.1 Å². The van der Waals surface area contributed by atoms with Crippen LogP contribution in [0.25, 0.3) is 11.4 Å². The molecule has 8 heteroatoms. The molecule has 3 saturated heterocycles. The number of nitrogens with zero attached hydrogens (tertiary/aromatic N) is 4. The monoisotopic (exact) mass is 430 g/mol. The van der Waals surface area contributed by atoms with E-state index < -0.39 is 5.72 Å². The molecule has 0 N–H and O–H groups in total. The van der Waals surface area contributed by atoms with Crippen LogP contribution in [-0.2, 0) is 9.53 Å². The Kier molecular flexibility index (Phi) is 4.19. The van der Waals surface area contributed by atoms with Gasteiger partial charge in [0.05, 0.1) is 19.0 Å². The third-order valence-corrected chi connectivity index (χ3v) is 6.76. The molecule has 162 valence electrons. The molecule has 4 heterocycles. The van der Waals surface area contributed by atoms with Gasteiger partial charge >= 0.3 is 0 Å². The first-order chi connectivity index (χ1) is 15.5. The number of aromatic nitrogens is 2. The molecule has 3 atom stereocenters. The minimum absolute atomic E-state index is 0.0435. The van der Waals surface area contributed by atoms with Crippen LogP contribution in [0, 0.1) is 6.92 Å². The number of hydrogen-bond donors (Lipinski definition) is 0. The van der Waals surface area contributed by atoms with Gasteiger partial charge in [-0.15, -0.1) is 0 Å². The van der Waals surface area contributed by atoms with Gasteiger partial charge in [0.1, 0.15) is 6.10 Å². The fraction of sp³-hybridized carbons (Fsp3) is 0.333. The van der Waals surface area contributed by atoms with Gasteiger partial charge in [0, 0.05) is 31.0 Å². The summed E-state index contributed by atoms with van der Waals surface area (Å²) in [7, 11) is 0. The van der Waals surface area contributed by atoms with Gasteiger partial charge in [0.2, 0.25) is 17.6 Å². The predicted octanol–water partition coefficient (Wildman–Crippen LogP) is 2.96. The van der Waals surface area contributed by atoms with Crippen LogP contribution in [0.1, 0.15) is 40.8 Å². The minimum atomic E-state index is -0.740. The molecule has 32 heavy (non-hydrogen) atoms. The van der Waals surface area contributed by atoms with E-state index in [0.29, 0.717) is 42.4 Å². The number of rotatable bonds is 3. The summed E-state index contributed by atoms with van der Waals surface area (Å²) < 4.78 is 11.6. The van der Waals surface area contributed by atoms with E-state index in [1.165, 1.54) is 0 Å². The van der Waals surface area contributed by atoms with Crippen LogP contribution in [0.3, 0.4) is 0 Å². The first-order valence-corrected chi connectivity index (χ1v) is 10.8. The molecule has 6 rings (SSSR count). The Labute approximate surface area is 184 Å². The van der Waals surface area contributed by atoms with Crippen molar-refractivity contribution in [2.45, 2.75) is 37.6 Å². The third kappa shape index (κ3) is 2.79. The molecule has 3 aliphatic heterocycles. The maximum absolute atomic E-state index is 13.5. The van der Waals surface area contributed by atoms with Crippen molar-refractivity contribution in [3.8, 4) is 11.4 Å². The maximum atomic E-state index is 13.5. The summed E-state index contributed by atoms with van der Waals surface area (Å²) in [6, 6.07) is 16.9. The first kappa shape index (κ1) is 19.2. The van der Waals surface area contributed by atoms with Crippen molar-refractivity contribution in [2.75, 3.05) is 13.1 Å². The number of aryl methyl sites for hydroxylation is 1. The number of amides is 2. The van der Waals surface area contributed by atoms with Gasteiger partial charge in [-0.2, -0.15) is 4.98 Å². The Morgan fingerprint density at radius 3 is 2.78 bits per heavy atom. The van der Waals surface area contributed by atoms with Crippen LogP contribution in [0.2, 0.25) is 0 Å². The largest absolute Gasteiger partial charge is 0.343 e. The molecule has 2 amide bonds. The first-order valence-electron chi connectivity index (χ1n) is 10.8. The van der Waals surface area contributed by atoms with E-state index in [1.807, 2.05) is 47.4 Å². The van der Waals surface area contributed by atoms with Crippen LogP contribution in [0.4, 0.5) is 0 Å². The van der Waals surface area contributed by atoms with Crippen molar-refractivity contribution in [1.82, 2.24) is 19.9 Å². The highest BCUT2D eigenvalue weighted by molar-refractivity contribution is 5.96. The van der Waals surface area contributed by atoms with E-state index in [-0.39, 0.29) is 30.4 Å². The Balaban J connectivity index is 1.28. The Morgan fingerprint density at radius 2 is 2.00 bits per heavy atom. The molecule has 2 aromatic carbocycles. The van der Waals surface area contributed by atoms with Crippen molar-refractivity contribution < 1.29 is 18.8 Å². The summed E-state index contributed by atoms with van der Waals surface area (Å²) in [5.41, 5.74) is 1.56. The lowest BCUT2D eigenvalue weighted by molar-refractivity contribution is -0.138. The standard InChI is InChI=1S/C24H22N4O4/c1-15-25-22(26-32-15)17-8-5-9-18(12-17)23(30)27-11-10-24-20(27)13-21(29)28(24)14-19(31-24)16-6-3-2-4-7-16/h2-9,12,19-20H,10-11,13-14H2,1H3/t19-,20+,24-/m0/s1. The number of ether oxygens (including phenoxy) is 1. The predicted molar refractivity (Wildman–Crippen MR) is 113 cm³/mol. The zero-order valence-corrected chi connectivity index (χ0v) is 17.6. The van der Waals surface area contributed by atoms with Crippen LogP contribution in [0.15, 0.2) is 59.1 Å². The fourth-order valence-electron chi connectivity index (χ4n) is 5.28. The second kappa shape index (κ2) is 7.00. The summed E-state index contributed by atoms with van der Waals surface area (Å²) in [6.45, 7) is 2.79. The summed E-state index contributed by atoms with van der Waals surface area (Å²) >= 11 is 0. The van der Waals surface area contributed by atoms with Gasteiger partial charge in [0.15, 0.2) is 5.72 Å². The highest BCUT2D eigenvalue weighted by Gasteiger charge is 2.65. The lowest BCUT2D eigenvalue weighted by Crippen LogP contribution is -2.48. The number of benzene rings is 2. The molecule has 0 radical (unpaired) electrons. The average Bonchev–Trinajstić information content (AvgIpc) is 3.56. The molecule has 1 aromatic heterocycles. The molecule has 8 nitrogen and oxygen atoms in total. The fourth-order valence-corrected chi connectivity index (χ4v) is 5.28. The topological polar surface area (TPSA) is 88.8 Å². The maximum Gasteiger partial charge on any atom is 0.254 e. The molecule has 0 bridgehead atoms. The molecular formula is C24H22N4O4. The average molecular weight is 430 g/mol. The van der Waals surface area contributed by atoms with Crippen LogP contribution in [0.5, 0.6) is 0 Å². The number of hydrogen-bond acceptors (Lipinski definition) is 6. The van der Waals surface area contributed by atoms with Gasteiger partial charge in [-0.3, -0.25) is 9.59 Å². The van der Waals surface area contributed by atoms with Crippen molar-refractivity contribution in [3.05, 3.63) is 71.6 Å². The normalized spacial score (nSPS) is 26.5. The van der Waals surface area contributed by atoms with Crippen molar-refractivity contribution in [3.63, 3.8) is 0 Å². The highest BCUT2D eigenvalue weighted by Crippen LogP contribution is 2.50. The summed E-state index contributed by atoms with van der Waals surface area (Å²) in [5.74, 6) is 0.841. The lowest BCUT2D eigenvalue weighted by Gasteiger charge is -2.32. The summed E-state index contributed by atoms with van der Waals surface area (Å²) in [4.78, 5) is 34.3. The van der Waals surface area contributed by atoms with Gasteiger partial charge in [-0.05, 0) is 17.7 Å². The third-order valence-electron chi connectivity index (χ3n) is 6.76. The smallest absolute Gasteiger partial charge is 0.254 e. The van der Waals surface area contributed by atoms with Crippen LogP contribution < -0.4 is 0 Å². The molecule has 0 unspecified atom stereocenters. The van der Waals surface area contributed by atoms with E-state index in [4.69, 9.17) is 9.26 Å². The van der Waals surface area contributed by atoms with Crippen molar-refractivity contribution in [1.29, 1.82) is 0 Å². The molecule has 0 saturated carbocycles. The van der Waals surface area contributed by atoms with Crippen molar-refractivity contribution in [2.24, 2.45) is 0 Å². The molecular weight excluding hydrogens is 408 g/mol. The number of carbonyl (C=O) groups excluding carboxylic acids is 2. The molecule has 3 fully saturated rings. The molecule has 0 aliphatic carbocycles. The summed E-state index contributed by atoms with van der Waals surface area (Å²) in [5, 5.41) is 3.94. The van der Waals surface area contributed by atoms with Gasteiger partial charge in [-0.1, -0.05) is 47.6 Å². The van der Waals surface area contributed by atoms with Gasteiger partial charge in [0.25, 0.3) is 5.91 Å². The second-order valence-electron chi connectivity index (χ2n) is 8.55. The van der Waals surface area contributed by atoms with Crippen molar-refractivity contribution >= 4 is 11.8 Å². The zero-order chi connectivity index (χ0) is 21.9. The van der Waals surface area contributed by atoms with E-state index in [0.717, 1.165) is 5.56 Å². The van der Waals surface area contributed by atoms with Crippen LogP contribution >= 0.6 is 0 Å². The van der Waals surface area contributed by atoms with Gasteiger partial charge < -0.3 is 19.1 Å². The SMILES string of the molecule is Cc1nc(-c2cccc(C(=O)N3CC[C@@]45O[C@H](c6ccccc6)CN4C(=O)C[C@@H]35)c2)no1. The van der Waals surface area contributed by atoms with E-state index in [1.54, 1.807) is 24.0 Å². The summed E-state index contributed by atoms with van der Waals surface area (Å²) in [6.07, 6.45) is 0.724. The van der Waals surface area contributed by atoms with Gasteiger partial charge in [-0.25, -0.2) is 0 Å². The van der Waals surface area contributed by atoms with E-state index in [9.17, 15) is 9.59 Å². The quantitative estimate of drug-likeness (QED) is 0.635.